The van der Waals surface area contributed by atoms with Gasteiger partial charge in [0.1, 0.15) is 0 Å². The van der Waals surface area contributed by atoms with E-state index in [0.717, 1.165) is 28.0 Å². The van der Waals surface area contributed by atoms with Crippen LogP contribution < -0.4 is 0 Å². The molecule has 2 aromatic carbocycles. The average Bonchev–Trinajstić information content (AvgIpc) is 3.09. The van der Waals surface area contributed by atoms with Crippen LogP contribution in [-0.4, -0.2) is 9.97 Å². The van der Waals surface area contributed by atoms with E-state index in [9.17, 15) is 0 Å². The van der Waals surface area contributed by atoms with E-state index >= 15 is 0 Å². The maximum Gasteiger partial charge on any atom is 0.160 e. The molecule has 0 aliphatic heterocycles. The van der Waals surface area contributed by atoms with Crippen molar-refractivity contribution in [2.45, 2.75) is 6.92 Å². The van der Waals surface area contributed by atoms with Gasteiger partial charge in [0.2, 0.25) is 0 Å². The van der Waals surface area contributed by atoms with Crippen molar-refractivity contribution in [2.75, 3.05) is 0 Å². The first-order chi connectivity index (χ1) is 10.8. The van der Waals surface area contributed by atoms with Gasteiger partial charge < -0.3 is 0 Å². The highest BCUT2D eigenvalue weighted by atomic mass is 32.1. The highest BCUT2D eigenvalue weighted by molar-refractivity contribution is 7.13. The largest absolute Gasteiger partial charge is 0.228 e. The number of thiophene rings is 1. The molecule has 0 saturated heterocycles. The third-order valence-corrected chi connectivity index (χ3v) is 4.54. The molecule has 0 atom stereocenters. The Morgan fingerprint density at radius 3 is 2.41 bits per heavy atom. The van der Waals surface area contributed by atoms with Gasteiger partial charge in [0.05, 0.1) is 16.1 Å². The van der Waals surface area contributed by atoms with Crippen LogP contribution in [0.1, 0.15) is 5.56 Å². The zero-order chi connectivity index (χ0) is 14.9. The molecular weight excluding hydrogens is 288 g/mol. The fourth-order valence-corrected chi connectivity index (χ4v) is 3.24. The van der Waals surface area contributed by atoms with Crippen molar-refractivity contribution in [1.29, 1.82) is 0 Å². The van der Waals surface area contributed by atoms with Crippen molar-refractivity contribution in [3.63, 3.8) is 0 Å². The van der Waals surface area contributed by atoms with E-state index in [2.05, 4.69) is 54.8 Å². The smallest absolute Gasteiger partial charge is 0.160 e. The van der Waals surface area contributed by atoms with Crippen LogP contribution in [0.2, 0.25) is 0 Å². The SMILES string of the molecule is Cc1ccc(-c2nc(-c3cccs3)c3ccccc3n2)cc1. The normalized spacial score (nSPS) is 11.0. The molecule has 0 aliphatic carbocycles. The molecule has 2 heterocycles. The van der Waals surface area contributed by atoms with Gasteiger partial charge in [0.25, 0.3) is 0 Å². The monoisotopic (exact) mass is 302 g/mol. The summed E-state index contributed by atoms with van der Waals surface area (Å²) in [5.74, 6) is 0.780. The third kappa shape index (κ3) is 2.30. The first-order valence-electron chi connectivity index (χ1n) is 7.19. The van der Waals surface area contributed by atoms with Crippen LogP contribution in [0.5, 0.6) is 0 Å². The van der Waals surface area contributed by atoms with Gasteiger partial charge in [-0.2, -0.15) is 0 Å². The molecule has 0 radical (unpaired) electrons. The second-order valence-electron chi connectivity index (χ2n) is 5.26. The second kappa shape index (κ2) is 5.35. The molecule has 106 valence electrons. The average molecular weight is 302 g/mol. The lowest BCUT2D eigenvalue weighted by atomic mass is 10.1. The Balaban J connectivity index is 1.99. The Bertz CT molecular complexity index is 925. The number of hydrogen-bond acceptors (Lipinski definition) is 3. The first kappa shape index (κ1) is 13.2. The molecule has 0 saturated carbocycles. The van der Waals surface area contributed by atoms with Gasteiger partial charge in [-0.3, -0.25) is 0 Å². The molecule has 4 aromatic rings. The topological polar surface area (TPSA) is 25.8 Å². The van der Waals surface area contributed by atoms with E-state index < -0.39 is 0 Å². The lowest BCUT2D eigenvalue weighted by molar-refractivity contribution is 1.23. The maximum absolute atomic E-state index is 4.84. The summed E-state index contributed by atoms with van der Waals surface area (Å²) in [5.41, 5.74) is 4.28. The third-order valence-electron chi connectivity index (χ3n) is 3.67. The molecule has 0 spiro atoms. The molecule has 0 unspecified atom stereocenters. The van der Waals surface area contributed by atoms with Gasteiger partial charge in [-0.15, -0.1) is 11.3 Å². The van der Waals surface area contributed by atoms with Gasteiger partial charge >= 0.3 is 0 Å². The number of aromatic nitrogens is 2. The standard InChI is InChI=1S/C19H14N2S/c1-13-8-10-14(11-9-13)19-20-16-6-3-2-5-15(16)18(21-19)17-7-4-12-22-17/h2-12H,1H3. The summed E-state index contributed by atoms with van der Waals surface area (Å²) in [4.78, 5) is 10.8. The van der Waals surface area contributed by atoms with Crippen LogP contribution in [0, 0.1) is 6.92 Å². The van der Waals surface area contributed by atoms with E-state index in [1.807, 2.05) is 18.2 Å². The molecule has 0 amide bonds. The molecule has 0 bridgehead atoms. The highest BCUT2D eigenvalue weighted by Gasteiger charge is 2.11. The van der Waals surface area contributed by atoms with Crippen molar-refractivity contribution in [3.05, 3.63) is 71.6 Å². The van der Waals surface area contributed by atoms with E-state index in [-0.39, 0.29) is 0 Å². The van der Waals surface area contributed by atoms with Gasteiger partial charge in [-0.25, -0.2) is 9.97 Å². The quantitative estimate of drug-likeness (QED) is 0.500. The zero-order valence-corrected chi connectivity index (χ0v) is 13.0. The van der Waals surface area contributed by atoms with Crippen molar-refractivity contribution in [3.8, 4) is 22.0 Å². The Morgan fingerprint density at radius 1 is 0.818 bits per heavy atom. The van der Waals surface area contributed by atoms with Crippen LogP contribution in [0.4, 0.5) is 0 Å². The number of aryl methyl sites for hydroxylation is 1. The van der Waals surface area contributed by atoms with Gasteiger partial charge in [0.15, 0.2) is 5.82 Å². The zero-order valence-electron chi connectivity index (χ0n) is 12.2. The van der Waals surface area contributed by atoms with Crippen molar-refractivity contribution in [2.24, 2.45) is 0 Å². The summed E-state index contributed by atoms with van der Waals surface area (Å²) in [5, 5.41) is 3.18. The van der Waals surface area contributed by atoms with Crippen LogP contribution in [-0.2, 0) is 0 Å². The molecule has 2 aromatic heterocycles. The molecule has 22 heavy (non-hydrogen) atoms. The fourth-order valence-electron chi connectivity index (χ4n) is 2.51. The van der Waals surface area contributed by atoms with Crippen LogP contribution >= 0.6 is 11.3 Å². The van der Waals surface area contributed by atoms with Gasteiger partial charge in [0, 0.05) is 10.9 Å². The van der Waals surface area contributed by atoms with Gasteiger partial charge in [-0.1, -0.05) is 54.1 Å². The number of fused-ring (bicyclic) bond motifs is 1. The molecular formula is C19H14N2S. The van der Waals surface area contributed by atoms with E-state index in [1.165, 1.54) is 10.4 Å². The number of rotatable bonds is 2. The Labute approximate surface area is 133 Å². The minimum Gasteiger partial charge on any atom is -0.228 e. The van der Waals surface area contributed by atoms with Gasteiger partial charge in [-0.05, 0) is 24.4 Å². The molecule has 3 heteroatoms. The molecule has 0 fully saturated rings. The fraction of sp³-hybridized carbons (Fsp3) is 0.0526. The van der Waals surface area contributed by atoms with Crippen molar-refractivity contribution < 1.29 is 0 Å². The Morgan fingerprint density at radius 2 is 1.64 bits per heavy atom. The minimum absolute atomic E-state index is 0.780. The summed E-state index contributed by atoms with van der Waals surface area (Å²) < 4.78 is 0. The molecule has 0 aliphatic rings. The minimum atomic E-state index is 0.780. The first-order valence-corrected chi connectivity index (χ1v) is 8.07. The summed E-state index contributed by atoms with van der Waals surface area (Å²) in [6.45, 7) is 2.09. The van der Waals surface area contributed by atoms with E-state index in [4.69, 9.17) is 9.97 Å². The molecule has 0 N–H and O–H groups in total. The number of para-hydroxylation sites is 1. The van der Waals surface area contributed by atoms with Crippen LogP contribution in [0.25, 0.3) is 32.9 Å². The van der Waals surface area contributed by atoms with Crippen molar-refractivity contribution >= 4 is 22.2 Å². The Kier molecular flexibility index (Phi) is 3.20. The number of nitrogens with zero attached hydrogens (tertiary/aromatic N) is 2. The second-order valence-corrected chi connectivity index (χ2v) is 6.20. The number of benzene rings is 2. The molecule has 4 rings (SSSR count). The van der Waals surface area contributed by atoms with Crippen LogP contribution in [0.3, 0.4) is 0 Å². The summed E-state index contributed by atoms with van der Waals surface area (Å²) in [6, 6.07) is 20.7. The lowest BCUT2D eigenvalue weighted by Gasteiger charge is -2.08. The van der Waals surface area contributed by atoms with Crippen molar-refractivity contribution in [1.82, 2.24) is 9.97 Å². The van der Waals surface area contributed by atoms with Crippen LogP contribution in [0.15, 0.2) is 66.0 Å². The maximum atomic E-state index is 4.84. The predicted octanol–water partition coefficient (Wildman–Crippen LogP) is 5.33. The summed E-state index contributed by atoms with van der Waals surface area (Å²) >= 11 is 1.71. The highest BCUT2D eigenvalue weighted by Crippen LogP contribution is 2.31. The predicted molar refractivity (Wildman–Crippen MR) is 93.0 cm³/mol. The summed E-state index contributed by atoms with van der Waals surface area (Å²) in [7, 11) is 0. The summed E-state index contributed by atoms with van der Waals surface area (Å²) in [6.07, 6.45) is 0. The Hall–Kier alpha value is -2.52. The van der Waals surface area contributed by atoms with E-state index in [0.29, 0.717) is 0 Å². The lowest BCUT2D eigenvalue weighted by Crippen LogP contribution is -1.94. The number of hydrogen-bond donors (Lipinski definition) is 0. The molecule has 2 nitrogen and oxygen atoms in total. The van der Waals surface area contributed by atoms with E-state index in [1.54, 1.807) is 11.3 Å².